The van der Waals surface area contributed by atoms with Crippen molar-refractivity contribution in [3.63, 3.8) is 0 Å². The second-order valence-corrected chi connectivity index (χ2v) is 9.94. The molecule has 0 radical (unpaired) electrons. The first-order chi connectivity index (χ1) is 15.6. The van der Waals surface area contributed by atoms with Crippen LogP contribution >= 0.6 is 27.7 Å². The second kappa shape index (κ2) is 10.3. The minimum Gasteiger partial charge on any atom is -0.324 e. The van der Waals surface area contributed by atoms with E-state index in [9.17, 15) is 10.1 Å². The van der Waals surface area contributed by atoms with Gasteiger partial charge in [0.2, 0.25) is 5.91 Å². The average molecular weight is 506 g/mol. The van der Waals surface area contributed by atoms with E-state index in [1.165, 1.54) is 17.3 Å². The summed E-state index contributed by atoms with van der Waals surface area (Å²) in [4.78, 5) is 17.8. The van der Waals surface area contributed by atoms with Gasteiger partial charge in [-0.15, -0.1) is 0 Å². The van der Waals surface area contributed by atoms with Crippen LogP contribution in [0.15, 0.2) is 70.2 Å². The molecular weight excluding hydrogens is 482 g/mol. The van der Waals surface area contributed by atoms with E-state index < -0.39 is 0 Å². The fourth-order valence-electron chi connectivity index (χ4n) is 4.06. The lowest BCUT2D eigenvalue weighted by molar-refractivity contribution is -0.115. The zero-order chi connectivity index (χ0) is 22.5. The zero-order valence-corrected chi connectivity index (χ0v) is 20.2. The highest BCUT2D eigenvalue weighted by atomic mass is 79.9. The van der Waals surface area contributed by atoms with Crippen LogP contribution in [0.25, 0.3) is 0 Å². The number of hydrogen-bond donors (Lipinski definition) is 1. The molecule has 4 rings (SSSR count). The van der Waals surface area contributed by atoms with Crippen LogP contribution in [-0.4, -0.2) is 16.1 Å². The zero-order valence-electron chi connectivity index (χ0n) is 17.8. The number of anilines is 1. The SMILES string of the molecule is CCC(Sc1nc2c(cc1C#N)CC(c1ccccc1)CC2)C(=O)Nc1ccccc1Br. The van der Waals surface area contributed by atoms with Crippen molar-refractivity contribution in [2.75, 3.05) is 5.32 Å². The van der Waals surface area contributed by atoms with Crippen LogP contribution in [0.3, 0.4) is 0 Å². The van der Waals surface area contributed by atoms with E-state index in [2.05, 4.69) is 51.6 Å². The molecular formula is C26H24BrN3OS. The van der Waals surface area contributed by atoms with Crippen molar-refractivity contribution in [3.05, 3.63) is 87.5 Å². The molecule has 1 aromatic heterocycles. The Morgan fingerprint density at radius 2 is 2.00 bits per heavy atom. The van der Waals surface area contributed by atoms with Crippen molar-refractivity contribution in [3.8, 4) is 6.07 Å². The molecule has 162 valence electrons. The Labute approximate surface area is 201 Å². The molecule has 4 nitrogen and oxygen atoms in total. The van der Waals surface area contributed by atoms with Gasteiger partial charge in [0.05, 0.1) is 16.5 Å². The lowest BCUT2D eigenvalue weighted by Crippen LogP contribution is -2.25. The van der Waals surface area contributed by atoms with Crippen molar-refractivity contribution in [1.29, 1.82) is 5.26 Å². The quantitative estimate of drug-likeness (QED) is 0.388. The first-order valence-electron chi connectivity index (χ1n) is 10.8. The lowest BCUT2D eigenvalue weighted by Gasteiger charge is -2.25. The van der Waals surface area contributed by atoms with Crippen LogP contribution in [0, 0.1) is 11.3 Å². The number of hydrogen-bond acceptors (Lipinski definition) is 4. The Morgan fingerprint density at radius 1 is 1.25 bits per heavy atom. The molecule has 0 spiro atoms. The summed E-state index contributed by atoms with van der Waals surface area (Å²) in [5.74, 6) is 0.367. The molecule has 1 aliphatic carbocycles. The van der Waals surface area contributed by atoms with E-state index in [-0.39, 0.29) is 11.2 Å². The number of rotatable bonds is 6. The summed E-state index contributed by atoms with van der Waals surface area (Å²) in [6.07, 6.45) is 3.46. The van der Waals surface area contributed by atoms with Crippen LogP contribution in [0.4, 0.5) is 5.69 Å². The highest BCUT2D eigenvalue weighted by Gasteiger charge is 2.26. The Balaban J connectivity index is 1.53. The molecule has 3 aromatic rings. The van der Waals surface area contributed by atoms with Gasteiger partial charge in [-0.05, 0) is 76.9 Å². The summed E-state index contributed by atoms with van der Waals surface area (Å²) < 4.78 is 0.839. The number of benzene rings is 2. The van der Waals surface area contributed by atoms with E-state index in [1.54, 1.807) is 0 Å². The molecule has 2 aromatic carbocycles. The summed E-state index contributed by atoms with van der Waals surface area (Å²) in [5, 5.41) is 13.1. The van der Waals surface area contributed by atoms with Crippen LogP contribution in [0.2, 0.25) is 0 Å². The molecule has 1 N–H and O–H groups in total. The predicted octanol–water partition coefficient (Wildman–Crippen LogP) is 6.50. The molecule has 1 aliphatic rings. The minimum atomic E-state index is -0.333. The number of nitrogens with one attached hydrogen (secondary N) is 1. The molecule has 32 heavy (non-hydrogen) atoms. The first-order valence-corrected chi connectivity index (χ1v) is 12.5. The summed E-state index contributed by atoms with van der Waals surface area (Å²) in [6.45, 7) is 1.98. The highest BCUT2D eigenvalue weighted by molar-refractivity contribution is 9.10. The molecule has 0 bridgehead atoms. The van der Waals surface area contributed by atoms with E-state index in [1.807, 2.05) is 43.3 Å². The van der Waals surface area contributed by atoms with E-state index >= 15 is 0 Å². The van der Waals surface area contributed by atoms with Crippen LogP contribution in [0.1, 0.15) is 48.1 Å². The molecule has 0 saturated heterocycles. The summed E-state index contributed by atoms with van der Waals surface area (Å²) in [6, 6.07) is 22.4. The lowest BCUT2D eigenvalue weighted by atomic mass is 9.82. The minimum absolute atomic E-state index is 0.0862. The summed E-state index contributed by atoms with van der Waals surface area (Å²) >= 11 is 4.85. The maximum atomic E-state index is 12.9. The van der Waals surface area contributed by atoms with Crippen molar-refractivity contribution in [1.82, 2.24) is 4.98 Å². The van der Waals surface area contributed by atoms with Crippen LogP contribution < -0.4 is 5.32 Å². The van der Waals surface area contributed by atoms with Gasteiger partial charge in [-0.2, -0.15) is 5.26 Å². The number of carbonyl (C=O) groups excluding carboxylic acids is 1. The molecule has 0 saturated carbocycles. The van der Waals surface area contributed by atoms with Gasteiger partial charge in [-0.3, -0.25) is 4.79 Å². The van der Waals surface area contributed by atoms with Gasteiger partial charge in [0.1, 0.15) is 11.1 Å². The first kappa shape index (κ1) is 22.6. The van der Waals surface area contributed by atoms with Gasteiger partial charge in [0.15, 0.2) is 0 Å². The van der Waals surface area contributed by atoms with Crippen molar-refractivity contribution in [2.24, 2.45) is 0 Å². The number of fused-ring (bicyclic) bond motifs is 1. The summed E-state index contributed by atoms with van der Waals surface area (Å²) in [5.41, 5.74) is 4.83. The van der Waals surface area contributed by atoms with Gasteiger partial charge < -0.3 is 5.32 Å². The Kier molecular flexibility index (Phi) is 7.29. The van der Waals surface area contributed by atoms with Crippen molar-refractivity contribution >= 4 is 39.3 Å². The molecule has 6 heteroatoms. The third kappa shape index (κ3) is 5.06. The number of nitriles is 1. The van der Waals surface area contributed by atoms with Crippen molar-refractivity contribution < 1.29 is 4.79 Å². The number of nitrogens with zero attached hydrogens (tertiary/aromatic N) is 2. The normalized spacial score (nSPS) is 16.0. The standard InChI is InChI=1S/C26H24BrN3OS/c1-2-24(25(31)29-23-11-7-6-10-21(23)27)32-26-20(16-28)15-19-14-18(12-13-22(19)30-26)17-8-4-3-5-9-17/h3-11,15,18,24H,2,12-14H2,1H3,(H,29,31). The number of thioether (sulfide) groups is 1. The average Bonchev–Trinajstić information content (AvgIpc) is 2.83. The monoisotopic (exact) mass is 505 g/mol. The Bertz CT molecular complexity index is 1160. The number of halogens is 1. The van der Waals surface area contributed by atoms with E-state index in [4.69, 9.17) is 4.98 Å². The van der Waals surface area contributed by atoms with Crippen LogP contribution in [0.5, 0.6) is 0 Å². The van der Waals surface area contributed by atoms with E-state index in [0.717, 1.165) is 40.7 Å². The van der Waals surface area contributed by atoms with Gasteiger partial charge >= 0.3 is 0 Å². The van der Waals surface area contributed by atoms with Crippen LogP contribution in [-0.2, 0) is 17.6 Å². The fraction of sp³-hybridized carbons (Fsp3) is 0.269. The number of para-hydroxylation sites is 1. The molecule has 0 fully saturated rings. The third-order valence-electron chi connectivity index (χ3n) is 5.79. The predicted molar refractivity (Wildman–Crippen MR) is 133 cm³/mol. The smallest absolute Gasteiger partial charge is 0.237 e. The van der Waals surface area contributed by atoms with Gasteiger partial charge in [0, 0.05) is 10.2 Å². The number of carbonyl (C=O) groups is 1. The topological polar surface area (TPSA) is 65.8 Å². The Morgan fingerprint density at radius 3 is 2.72 bits per heavy atom. The third-order valence-corrected chi connectivity index (χ3v) is 7.85. The molecule has 1 heterocycles. The number of aryl methyl sites for hydroxylation is 1. The number of pyridine rings is 1. The van der Waals surface area contributed by atoms with Gasteiger partial charge in [0.25, 0.3) is 0 Å². The Hall–Kier alpha value is -2.62. The highest BCUT2D eigenvalue weighted by Crippen LogP contribution is 2.36. The summed E-state index contributed by atoms with van der Waals surface area (Å²) in [7, 11) is 0. The van der Waals surface area contributed by atoms with Gasteiger partial charge in [-0.25, -0.2) is 4.98 Å². The van der Waals surface area contributed by atoms with Gasteiger partial charge in [-0.1, -0.05) is 61.2 Å². The second-order valence-electron chi connectivity index (χ2n) is 7.89. The molecule has 2 atom stereocenters. The molecule has 0 aliphatic heterocycles. The number of amides is 1. The maximum absolute atomic E-state index is 12.9. The van der Waals surface area contributed by atoms with E-state index in [0.29, 0.717) is 22.9 Å². The number of aromatic nitrogens is 1. The van der Waals surface area contributed by atoms with Crippen molar-refractivity contribution in [2.45, 2.75) is 48.8 Å². The largest absolute Gasteiger partial charge is 0.324 e. The molecule has 1 amide bonds. The maximum Gasteiger partial charge on any atom is 0.237 e. The fourth-order valence-corrected chi connectivity index (χ4v) is 5.44. The molecule has 2 unspecified atom stereocenters.